The van der Waals surface area contributed by atoms with Crippen LogP contribution in [0.15, 0.2) is 15.1 Å². The molecule has 1 radical (unpaired) electrons. The zero-order valence-electron chi connectivity index (χ0n) is 42.3. The predicted octanol–water partition coefficient (Wildman–Crippen LogP) is 6.12. The molecule has 2 N–H and O–H groups in total. The minimum atomic E-state index is -3.37. The Morgan fingerprint density at radius 3 is 1.16 bits per heavy atom. The zero-order chi connectivity index (χ0) is 54.6. The summed E-state index contributed by atoms with van der Waals surface area (Å²) in [5.74, 6) is 0. The summed E-state index contributed by atoms with van der Waals surface area (Å²) >= 11 is 6.34. The number of aryl methyl sites for hydroxylation is 3. The second-order valence-electron chi connectivity index (χ2n) is 15.9. The normalized spacial score (nSPS) is 11.2. The number of H-pyrrole nitrogens is 1. The van der Waals surface area contributed by atoms with E-state index in [2.05, 4.69) is 51.0 Å². The number of aldehydes is 4. The first-order valence-electron chi connectivity index (χ1n) is 20.3. The van der Waals surface area contributed by atoms with Crippen molar-refractivity contribution in [3.63, 3.8) is 0 Å². The van der Waals surface area contributed by atoms with Crippen molar-refractivity contribution in [2.45, 2.75) is 96.6 Å². The monoisotopic (exact) mass is 1120 g/mol. The van der Waals surface area contributed by atoms with Crippen LogP contribution in [0.4, 0.5) is 0 Å². The van der Waals surface area contributed by atoms with E-state index in [9.17, 15) is 52.8 Å². The first-order valence-corrected chi connectivity index (χ1v) is 28.8. The quantitative estimate of drug-likeness (QED) is 0.0809. The first kappa shape index (κ1) is 64.5. The van der Waals surface area contributed by atoms with Gasteiger partial charge >= 0.3 is 24.8 Å². The van der Waals surface area contributed by atoms with Crippen molar-refractivity contribution < 1.29 is 52.8 Å². The number of hydrogen-bond donors (Lipinski definition) is 3. The Morgan fingerprint density at radius 1 is 0.551 bits per heavy atom. The number of nitrogens with zero attached hydrogens (tertiary/aromatic N) is 5. The molecular formula is C43H64BBrN7O12S5. The summed E-state index contributed by atoms with van der Waals surface area (Å²) in [7, 11) is -6.98. The van der Waals surface area contributed by atoms with E-state index in [0.717, 1.165) is 83.6 Å². The van der Waals surface area contributed by atoms with Gasteiger partial charge in [0, 0.05) is 80.5 Å². The molecule has 5 aromatic heterocycles. The van der Waals surface area contributed by atoms with Crippen LogP contribution in [0.5, 0.6) is 0 Å². The second kappa shape index (κ2) is 26.1. The van der Waals surface area contributed by atoms with Crippen molar-refractivity contribution in [1.82, 2.24) is 26.2 Å². The summed E-state index contributed by atoms with van der Waals surface area (Å²) in [5, 5.41) is 3.05. The Bertz CT molecular complexity index is 3080. The van der Waals surface area contributed by atoms with Crippen LogP contribution in [0.1, 0.15) is 120 Å². The van der Waals surface area contributed by atoms with E-state index in [1.165, 1.54) is 20.4 Å². The second-order valence-corrected chi connectivity index (χ2v) is 24.2. The maximum absolute atomic E-state index is 11.6. The molecule has 383 valence electrons. The standard InChI is InChI=1S/C10H18N2O2S.C9H13NO3S.C8H10BrNO3S.C8H11NO3S.C8H11NO.BHNS/c1-7-8(2)12(15(5,13)14)9(3)10(7)6-11-4;1-6-7(2)10(14(4,12)13)8(3)9(6)5-11;1-5-7(4-11)6(2)10(8(5)9)14(3,12)13;1-6-4-9(13(3,11)12)7(2)8(6)5-10;1-5-6(2)9-7(3)8(5)4-10;1-2-3/h11H,6H2,1-5H3;5H,1-4H3;4H,1-3H3;4-5H,1-3H3;4,9H,1-3H3;3H. The van der Waals surface area contributed by atoms with Gasteiger partial charge in [-0.15, -0.1) is 0 Å². The van der Waals surface area contributed by atoms with Gasteiger partial charge in [0.15, 0.2) is 25.1 Å². The van der Waals surface area contributed by atoms with Crippen LogP contribution in [0.2, 0.25) is 0 Å². The van der Waals surface area contributed by atoms with E-state index >= 15 is 0 Å². The van der Waals surface area contributed by atoms with E-state index in [1.807, 2.05) is 48.6 Å². The van der Waals surface area contributed by atoms with Crippen LogP contribution in [0.25, 0.3) is 0 Å². The van der Waals surface area contributed by atoms with E-state index in [0.29, 0.717) is 80.6 Å². The Balaban J connectivity index is 0.000000829. The molecule has 0 bridgehead atoms. The Labute approximate surface area is 422 Å². The van der Waals surface area contributed by atoms with Crippen molar-refractivity contribution in [3.8, 4) is 0 Å². The third kappa shape index (κ3) is 16.0. The maximum atomic E-state index is 11.6. The summed E-state index contributed by atoms with van der Waals surface area (Å²) < 4.78 is 99.0. The molecule has 0 aliphatic heterocycles. The molecule has 0 fully saturated rings. The van der Waals surface area contributed by atoms with Crippen LogP contribution in [-0.2, 0) is 46.6 Å². The summed E-state index contributed by atoms with van der Waals surface area (Å²) in [5.41, 5.74) is 13.0. The molecule has 19 nitrogen and oxygen atoms in total. The van der Waals surface area contributed by atoms with Crippen molar-refractivity contribution >= 4 is 102 Å². The van der Waals surface area contributed by atoms with Gasteiger partial charge in [-0.05, 0) is 146 Å². The van der Waals surface area contributed by atoms with Crippen molar-refractivity contribution in [2.75, 3.05) is 32.1 Å². The average Bonchev–Trinajstić information content (AvgIpc) is 3.88. The predicted molar refractivity (Wildman–Crippen MR) is 280 cm³/mol. The third-order valence-electron chi connectivity index (χ3n) is 11.0. The molecule has 69 heavy (non-hydrogen) atoms. The number of nitrogens with one attached hydrogen (secondary N) is 2. The van der Waals surface area contributed by atoms with E-state index in [1.54, 1.807) is 48.5 Å². The van der Waals surface area contributed by atoms with Crippen molar-refractivity contribution in [2.24, 2.45) is 4.30 Å². The van der Waals surface area contributed by atoms with Crippen LogP contribution >= 0.6 is 28.7 Å². The molecule has 0 amide bonds. The van der Waals surface area contributed by atoms with Crippen LogP contribution in [0, 0.1) is 90.0 Å². The van der Waals surface area contributed by atoms with Gasteiger partial charge in [0.1, 0.15) is 4.60 Å². The minimum absolute atomic E-state index is 0.416. The average molecular weight is 1120 g/mol. The first-order chi connectivity index (χ1) is 31.4. The van der Waals surface area contributed by atoms with Gasteiger partial charge in [-0.25, -0.2) is 49.6 Å². The van der Waals surface area contributed by atoms with Gasteiger partial charge in [0.05, 0.1) is 25.0 Å². The molecule has 0 atom stereocenters. The van der Waals surface area contributed by atoms with Crippen LogP contribution in [0.3, 0.4) is 0 Å². The number of carbonyl (C=O) groups excluding carboxylic acids is 4. The van der Waals surface area contributed by atoms with Gasteiger partial charge < -0.3 is 10.3 Å². The topological polar surface area (TPSA) is 265 Å². The Hall–Kier alpha value is -4.47. The number of thiol groups is 1. The molecule has 26 heteroatoms. The molecule has 5 aromatic rings. The van der Waals surface area contributed by atoms with E-state index in [4.69, 9.17) is 0 Å². The summed E-state index contributed by atoms with van der Waals surface area (Å²) in [6.07, 6.45) is 8.94. The molecule has 0 saturated heterocycles. The Kier molecular flexibility index (Phi) is 24.4. The zero-order valence-corrected chi connectivity index (χ0v) is 48.0. The van der Waals surface area contributed by atoms with E-state index in [-0.39, 0.29) is 0 Å². The van der Waals surface area contributed by atoms with Gasteiger partial charge in [-0.2, -0.15) is 0 Å². The van der Waals surface area contributed by atoms with Gasteiger partial charge in [-0.1, -0.05) is 0 Å². The number of aromatic nitrogens is 5. The molecular weight excluding hydrogens is 1060 g/mol. The fourth-order valence-electron chi connectivity index (χ4n) is 7.33. The molecule has 0 aliphatic rings. The fraction of sp³-hybridized carbons (Fsp3) is 0.442. The molecule has 5 heterocycles. The molecule has 0 spiro atoms. The number of halogens is 1. The van der Waals surface area contributed by atoms with Crippen molar-refractivity contribution in [1.29, 1.82) is 0 Å². The molecule has 0 saturated carbocycles. The van der Waals surface area contributed by atoms with Crippen LogP contribution < -0.4 is 5.32 Å². The number of rotatable bonds is 10. The number of carbonyl (C=O) groups is 4. The number of hydrogen-bond acceptors (Lipinski definition) is 15. The van der Waals surface area contributed by atoms with Gasteiger partial charge in [0.25, 0.3) is 0 Å². The molecule has 0 aliphatic carbocycles. The SMILES string of the molecule is CNCc1c(C)c(C)n(S(C)(=O)=O)c1C.Cc1[nH]c(C)c(C=O)c1C.Cc1c(C=O)c(C)n(S(C)(=O)=O)c1Br.Cc1c(C=O)c(C)n(S(C)(=O)=O)c1C.Cc1cn(S(C)(=O)=O)c(C)c1C=O.[B]=NS. The summed E-state index contributed by atoms with van der Waals surface area (Å²) in [6, 6.07) is 0. The Morgan fingerprint density at radius 2 is 0.928 bits per heavy atom. The third-order valence-corrected chi connectivity index (χ3v) is 16.8. The van der Waals surface area contributed by atoms with Gasteiger partial charge in [0.2, 0.25) is 40.1 Å². The van der Waals surface area contributed by atoms with Gasteiger partial charge in [-0.3, -0.25) is 19.2 Å². The van der Waals surface area contributed by atoms with Crippen molar-refractivity contribution in [3.05, 3.63) is 112 Å². The fourth-order valence-corrected chi connectivity index (χ4v) is 13.0. The summed E-state index contributed by atoms with van der Waals surface area (Å²) in [6.45, 7) is 23.8. The molecule has 0 aromatic carbocycles. The molecule has 5 rings (SSSR count). The molecule has 0 unspecified atom stereocenters. The van der Waals surface area contributed by atoms with E-state index < -0.39 is 40.1 Å². The number of aromatic amines is 1. The van der Waals surface area contributed by atoms with Crippen LogP contribution in [-0.4, -0.2) is 119 Å². The summed E-state index contributed by atoms with van der Waals surface area (Å²) in [4.78, 5) is 45.6.